The van der Waals surface area contributed by atoms with Gasteiger partial charge in [-0.25, -0.2) is 9.58 Å². The first-order chi connectivity index (χ1) is 17.3. The van der Waals surface area contributed by atoms with Gasteiger partial charge in [-0.2, -0.15) is 9.67 Å². The molecule has 9 heteroatoms. The van der Waals surface area contributed by atoms with Gasteiger partial charge in [0.15, 0.2) is 12.4 Å². The first kappa shape index (κ1) is 23.8. The van der Waals surface area contributed by atoms with Crippen LogP contribution in [0.15, 0.2) is 79.1 Å². The fraction of sp³-hybridized carbons (Fsp3) is 0.111. The third kappa shape index (κ3) is 3.86. The van der Waals surface area contributed by atoms with Crippen LogP contribution >= 0.6 is 23.2 Å². The maximum atomic E-state index is 13.9. The van der Waals surface area contributed by atoms with Crippen molar-refractivity contribution in [2.75, 3.05) is 4.90 Å². The van der Waals surface area contributed by atoms with Gasteiger partial charge < -0.3 is 5.11 Å². The van der Waals surface area contributed by atoms with E-state index in [2.05, 4.69) is 5.10 Å². The molecule has 0 fully saturated rings. The smallest absolute Gasteiger partial charge is 0.331 e. The highest BCUT2D eigenvalue weighted by molar-refractivity contribution is 6.53. The highest BCUT2D eigenvalue weighted by Crippen LogP contribution is 2.40. The number of aromatic nitrogens is 3. The first-order valence-corrected chi connectivity index (χ1v) is 12.0. The molecule has 4 aromatic rings. The summed E-state index contributed by atoms with van der Waals surface area (Å²) in [6.45, 7) is 3.74. The van der Waals surface area contributed by atoms with Crippen molar-refractivity contribution in [2.24, 2.45) is 0 Å². The number of nitrogens with zero attached hydrogens (tertiary/aromatic N) is 4. The number of benzene rings is 2. The number of hydrogen-bond donors (Lipinski definition) is 0. The zero-order chi connectivity index (χ0) is 25.6. The Morgan fingerprint density at radius 3 is 2.17 bits per heavy atom. The van der Waals surface area contributed by atoms with Crippen LogP contribution in [-0.2, 0) is 9.59 Å². The number of amides is 2. The zero-order valence-electron chi connectivity index (χ0n) is 19.4. The van der Waals surface area contributed by atoms with Crippen molar-refractivity contribution >= 4 is 52.0 Å². The van der Waals surface area contributed by atoms with Gasteiger partial charge in [0.25, 0.3) is 11.6 Å². The second kappa shape index (κ2) is 9.26. The van der Waals surface area contributed by atoms with E-state index >= 15 is 0 Å². The van der Waals surface area contributed by atoms with Crippen LogP contribution in [0.3, 0.4) is 0 Å². The highest BCUT2D eigenvalue weighted by atomic mass is 35.5. The molecular formula is C27H20Cl2N4O3. The Morgan fingerprint density at radius 2 is 1.53 bits per heavy atom. The van der Waals surface area contributed by atoms with Crippen molar-refractivity contribution in [3.8, 4) is 11.6 Å². The van der Waals surface area contributed by atoms with E-state index in [1.54, 1.807) is 77.6 Å². The van der Waals surface area contributed by atoms with E-state index in [0.29, 0.717) is 22.1 Å². The van der Waals surface area contributed by atoms with E-state index in [0.717, 1.165) is 4.90 Å². The SMILES string of the molecule is CC(C)c1nn(-c2ccc(Cl)c(Cl)c2)c([O-])c1C1=C([n+]2ccccc2)C(=O)N(c2ccccc2)C1=O. The van der Waals surface area contributed by atoms with Crippen LogP contribution in [0, 0.1) is 0 Å². The third-order valence-electron chi connectivity index (χ3n) is 5.86. The molecule has 1 aliphatic heterocycles. The van der Waals surface area contributed by atoms with Crippen molar-refractivity contribution in [3.63, 3.8) is 0 Å². The maximum Gasteiger partial charge on any atom is 0.331 e. The molecule has 0 spiro atoms. The van der Waals surface area contributed by atoms with E-state index in [4.69, 9.17) is 23.2 Å². The van der Waals surface area contributed by atoms with Crippen LogP contribution in [-0.4, -0.2) is 21.6 Å². The lowest BCUT2D eigenvalue weighted by atomic mass is 9.98. The summed E-state index contributed by atoms with van der Waals surface area (Å²) in [5.74, 6) is -1.88. The van der Waals surface area contributed by atoms with Crippen molar-refractivity contribution in [1.29, 1.82) is 0 Å². The van der Waals surface area contributed by atoms with Crippen LogP contribution in [0.4, 0.5) is 5.69 Å². The van der Waals surface area contributed by atoms with Gasteiger partial charge in [0, 0.05) is 17.7 Å². The number of carbonyl (C=O) groups excluding carboxylic acids is 2. The van der Waals surface area contributed by atoms with Crippen molar-refractivity contribution < 1.29 is 19.3 Å². The number of anilines is 1. The number of pyridine rings is 1. The largest absolute Gasteiger partial charge is 0.858 e. The summed E-state index contributed by atoms with van der Waals surface area (Å²) in [5, 5.41) is 19.0. The average molecular weight is 519 g/mol. The van der Waals surface area contributed by atoms with Crippen molar-refractivity contribution in [1.82, 2.24) is 9.78 Å². The molecule has 0 saturated carbocycles. The molecule has 1 aliphatic rings. The minimum Gasteiger partial charge on any atom is -0.858 e. The second-order valence-corrected chi connectivity index (χ2v) is 9.33. The molecule has 0 atom stereocenters. The zero-order valence-corrected chi connectivity index (χ0v) is 20.9. The number of para-hydroxylation sites is 1. The fourth-order valence-corrected chi connectivity index (χ4v) is 4.48. The topological polar surface area (TPSA) is 82.1 Å². The number of imide groups is 1. The Balaban J connectivity index is 1.79. The number of carbonyl (C=O) groups is 2. The molecular weight excluding hydrogens is 499 g/mol. The molecule has 0 N–H and O–H groups in total. The van der Waals surface area contributed by atoms with Crippen LogP contribution in [0.5, 0.6) is 5.88 Å². The van der Waals surface area contributed by atoms with E-state index < -0.39 is 17.7 Å². The molecule has 0 unspecified atom stereocenters. The number of rotatable bonds is 5. The normalized spacial score (nSPS) is 13.9. The van der Waals surface area contributed by atoms with Gasteiger partial charge in [0.1, 0.15) is 5.57 Å². The van der Waals surface area contributed by atoms with E-state index in [1.807, 2.05) is 13.8 Å². The summed E-state index contributed by atoms with van der Waals surface area (Å²) in [4.78, 5) is 28.7. The number of hydrogen-bond acceptors (Lipinski definition) is 4. The lowest BCUT2D eigenvalue weighted by Crippen LogP contribution is -2.39. The van der Waals surface area contributed by atoms with Gasteiger partial charge in [-0.05, 0) is 42.1 Å². The first-order valence-electron chi connectivity index (χ1n) is 11.2. The molecule has 0 aliphatic carbocycles. The molecule has 36 heavy (non-hydrogen) atoms. The van der Waals surface area contributed by atoms with Gasteiger partial charge in [-0.3, -0.25) is 9.59 Å². The molecule has 0 saturated heterocycles. The van der Waals surface area contributed by atoms with Crippen LogP contribution < -0.4 is 14.6 Å². The van der Waals surface area contributed by atoms with Gasteiger partial charge >= 0.3 is 5.91 Å². The summed E-state index contributed by atoms with van der Waals surface area (Å²) in [6, 6.07) is 18.6. The van der Waals surface area contributed by atoms with Crippen molar-refractivity contribution in [3.05, 3.63) is 100 Å². The summed E-state index contributed by atoms with van der Waals surface area (Å²) in [7, 11) is 0. The molecule has 2 aromatic carbocycles. The maximum absolute atomic E-state index is 13.9. The second-order valence-electron chi connectivity index (χ2n) is 8.52. The Bertz CT molecular complexity index is 1530. The van der Waals surface area contributed by atoms with Crippen molar-refractivity contribution in [2.45, 2.75) is 19.8 Å². The Labute approximate surface area is 217 Å². The molecule has 0 radical (unpaired) electrons. The predicted molar refractivity (Wildman–Crippen MR) is 136 cm³/mol. The Morgan fingerprint density at radius 1 is 0.861 bits per heavy atom. The summed E-state index contributed by atoms with van der Waals surface area (Å²) < 4.78 is 2.74. The van der Waals surface area contributed by atoms with Gasteiger partial charge in [-0.15, -0.1) is 0 Å². The minimum absolute atomic E-state index is 0.0000588. The summed E-state index contributed by atoms with van der Waals surface area (Å²) >= 11 is 12.2. The van der Waals surface area contributed by atoms with Gasteiger partial charge in [0.05, 0.1) is 27.1 Å². The van der Waals surface area contributed by atoms with Gasteiger partial charge in [0.2, 0.25) is 0 Å². The van der Waals surface area contributed by atoms with Crippen LogP contribution in [0.1, 0.15) is 31.0 Å². The molecule has 7 nitrogen and oxygen atoms in total. The lowest BCUT2D eigenvalue weighted by Gasteiger charge is -2.16. The molecule has 3 heterocycles. The van der Waals surface area contributed by atoms with E-state index in [9.17, 15) is 14.7 Å². The molecule has 2 amide bonds. The molecule has 0 bridgehead atoms. The quantitative estimate of drug-likeness (QED) is 0.285. The highest BCUT2D eigenvalue weighted by Gasteiger charge is 2.47. The fourth-order valence-electron chi connectivity index (χ4n) is 4.19. The molecule has 5 rings (SSSR count). The minimum atomic E-state index is -0.592. The summed E-state index contributed by atoms with van der Waals surface area (Å²) in [6.07, 6.45) is 3.33. The van der Waals surface area contributed by atoms with E-state index in [1.165, 1.54) is 10.7 Å². The molecule has 180 valence electrons. The molecule has 2 aromatic heterocycles. The summed E-state index contributed by atoms with van der Waals surface area (Å²) in [5.41, 5.74) is 1.36. The number of halogens is 2. The predicted octanol–water partition coefficient (Wildman–Crippen LogP) is 4.61. The Kier molecular flexibility index (Phi) is 6.12. The lowest BCUT2D eigenvalue weighted by molar-refractivity contribution is -0.576. The Hall–Kier alpha value is -3.94. The van der Waals surface area contributed by atoms with Crippen LogP contribution in [0.2, 0.25) is 10.0 Å². The van der Waals surface area contributed by atoms with Gasteiger partial charge in [-0.1, -0.05) is 61.3 Å². The average Bonchev–Trinajstić information content (AvgIpc) is 3.34. The van der Waals surface area contributed by atoms with E-state index in [-0.39, 0.29) is 27.8 Å². The van der Waals surface area contributed by atoms with Crippen LogP contribution in [0.25, 0.3) is 17.0 Å². The standard InChI is InChI=1S/C27H20Cl2N4O3/c1-16(2)23-21(26(35)33(30-23)18-11-12-19(28)20(29)15-18)22-24(31-13-7-4-8-14-31)27(36)32(25(22)34)17-9-5-3-6-10-17/h3-16H,1-2H3. The third-order valence-corrected chi connectivity index (χ3v) is 6.60. The monoisotopic (exact) mass is 518 g/mol.